The number of carbonyl (C=O) groups is 2. The zero-order valence-corrected chi connectivity index (χ0v) is 12.0. The molecule has 2 heterocycles. The maximum atomic E-state index is 12.5. The Morgan fingerprint density at radius 1 is 1.45 bits per heavy atom. The lowest BCUT2D eigenvalue weighted by atomic mass is 9.98. The summed E-state index contributed by atoms with van der Waals surface area (Å²) in [6, 6.07) is 1.82. The Labute approximate surface area is 118 Å². The van der Waals surface area contributed by atoms with Gasteiger partial charge in [-0.3, -0.25) is 14.3 Å². The van der Waals surface area contributed by atoms with Crippen LogP contribution in [0, 0.1) is 5.92 Å². The number of rotatable bonds is 4. The summed E-state index contributed by atoms with van der Waals surface area (Å²) < 4.78 is 1.70. The number of carboxylic acids is 1. The highest BCUT2D eigenvalue weighted by Crippen LogP contribution is 2.19. The summed E-state index contributed by atoms with van der Waals surface area (Å²) in [7, 11) is 0. The Hall–Kier alpha value is -1.85. The summed E-state index contributed by atoms with van der Waals surface area (Å²) in [4.78, 5) is 25.3. The van der Waals surface area contributed by atoms with Crippen LogP contribution in [0.5, 0.6) is 0 Å². The van der Waals surface area contributed by atoms with Gasteiger partial charge in [0, 0.05) is 19.6 Å². The fourth-order valence-electron chi connectivity index (χ4n) is 2.58. The van der Waals surface area contributed by atoms with Crippen LogP contribution < -0.4 is 0 Å². The van der Waals surface area contributed by atoms with E-state index in [1.807, 2.05) is 19.9 Å². The van der Waals surface area contributed by atoms with Crippen LogP contribution in [0.1, 0.15) is 42.9 Å². The Balaban J connectivity index is 2.18. The van der Waals surface area contributed by atoms with Gasteiger partial charge in [-0.15, -0.1) is 0 Å². The summed E-state index contributed by atoms with van der Waals surface area (Å²) in [5, 5.41) is 13.5. The number of amides is 1. The van der Waals surface area contributed by atoms with E-state index in [4.69, 9.17) is 5.11 Å². The van der Waals surface area contributed by atoms with Crippen molar-refractivity contribution < 1.29 is 14.7 Å². The van der Waals surface area contributed by atoms with Gasteiger partial charge in [-0.1, -0.05) is 6.92 Å². The van der Waals surface area contributed by atoms with Crippen LogP contribution in [0.15, 0.2) is 6.07 Å². The van der Waals surface area contributed by atoms with E-state index in [0.717, 1.165) is 18.5 Å². The Morgan fingerprint density at radius 3 is 2.80 bits per heavy atom. The van der Waals surface area contributed by atoms with Crippen molar-refractivity contribution >= 4 is 11.9 Å². The number of nitrogens with zero attached hydrogens (tertiary/aromatic N) is 3. The monoisotopic (exact) mass is 279 g/mol. The molecule has 1 aliphatic heterocycles. The summed E-state index contributed by atoms with van der Waals surface area (Å²) in [5.74, 6) is -1.37. The molecule has 0 spiro atoms. The SMILES string of the molecule is CCc1cc(C(=O)N2CCC[C@H](C(=O)O)C2)n(CC)n1. The van der Waals surface area contributed by atoms with Crippen molar-refractivity contribution in [2.24, 2.45) is 5.92 Å². The topological polar surface area (TPSA) is 75.4 Å². The maximum absolute atomic E-state index is 12.5. The summed E-state index contributed by atoms with van der Waals surface area (Å²) in [6.07, 6.45) is 2.17. The minimum absolute atomic E-state index is 0.106. The Morgan fingerprint density at radius 2 is 2.20 bits per heavy atom. The van der Waals surface area contributed by atoms with Gasteiger partial charge in [0.25, 0.3) is 5.91 Å². The molecule has 110 valence electrons. The second-order valence-corrected chi connectivity index (χ2v) is 5.12. The van der Waals surface area contributed by atoms with Gasteiger partial charge in [-0.2, -0.15) is 5.10 Å². The van der Waals surface area contributed by atoms with Crippen LogP contribution >= 0.6 is 0 Å². The molecule has 0 saturated carbocycles. The summed E-state index contributed by atoms with van der Waals surface area (Å²) in [6.45, 7) is 5.50. The smallest absolute Gasteiger partial charge is 0.308 e. The molecule has 1 N–H and O–H groups in total. The highest BCUT2D eigenvalue weighted by Gasteiger charge is 2.30. The number of carboxylic acid groups (broad SMARTS) is 1. The van der Waals surface area contributed by atoms with Gasteiger partial charge in [0.2, 0.25) is 0 Å². The lowest BCUT2D eigenvalue weighted by molar-refractivity contribution is -0.143. The predicted molar refractivity (Wildman–Crippen MR) is 73.5 cm³/mol. The molecule has 1 fully saturated rings. The number of piperidine rings is 1. The first-order chi connectivity index (χ1) is 9.56. The highest BCUT2D eigenvalue weighted by atomic mass is 16.4. The third kappa shape index (κ3) is 2.84. The van der Waals surface area contributed by atoms with E-state index in [1.54, 1.807) is 9.58 Å². The van der Waals surface area contributed by atoms with Gasteiger partial charge in [-0.25, -0.2) is 0 Å². The average molecular weight is 279 g/mol. The molecule has 0 radical (unpaired) electrons. The second-order valence-electron chi connectivity index (χ2n) is 5.12. The number of hydrogen-bond acceptors (Lipinski definition) is 3. The normalized spacial score (nSPS) is 19.1. The molecule has 6 nitrogen and oxygen atoms in total. The number of aryl methyl sites for hydroxylation is 2. The first-order valence-corrected chi connectivity index (χ1v) is 7.15. The fourth-order valence-corrected chi connectivity index (χ4v) is 2.58. The summed E-state index contributed by atoms with van der Waals surface area (Å²) >= 11 is 0. The number of aromatic nitrogens is 2. The van der Waals surface area contributed by atoms with Crippen molar-refractivity contribution in [3.05, 3.63) is 17.5 Å². The zero-order chi connectivity index (χ0) is 14.7. The molecule has 0 aliphatic carbocycles. The maximum Gasteiger partial charge on any atom is 0.308 e. The molecule has 6 heteroatoms. The van der Waals surface area contributed by atoms with Crippen molar-refractivity contribution in [1.29, 1.82) is 0 Å². The molecule has 2 rings (SSSR count). The second kappa shape index (κ2) is 6.07. The minimum Gasteiger partial charge on any atom is -0.481 e. The van der Waals surface area contributed by atoms with Crippen molar-refractivity contribution in [2.75, 3.05) is 13.1 Å². The standard InChI is InChI=1S/C14H21N3O3/c1-3-11-8-12(17(4-2)15-11)13(18)16-7-5-6-10(9-16)14(19)20/h8,10H,3-7,9H2,1-2H3,(H,19,20)/t10-/m0/s1. The van der Waals surface area contributed by atoms with E-state index >= 15 is 0 Å². The van der Waals surface area contributed by atoms with E-state index in [1.165, 1.54) is 0 Å². The molecule has 0 aromatic carbocycles. The van der Waals surface area contributed by atoms with Crippen LogP contribution in [0.3, 0.4) is 0 Å². The van der Waals surface area contributed by atoms with Gasteiger partial charge in [0.15, 0.2) is 0 Å². The molecule has 1 amide bonds. The quantitative estimate of drug-likeness (QED) is 0.904. The van der Waals surface area contributed by atoms with Crippen molar-refractivity contribution in [2.45, 2.75) is 39.7 Å². The minimum atomic E-state index is -0.819. The molecule has 1 aromatic heterocycles. The Bertz CT molecular complexity index is 510. The average Bonchev–Trinajstić information content (AvgIpc) is 2.90. The van der Waals surface area contributed by atoms with Crippen molar-refractivity contribution in [1.82, 2.24) is 14.7 Å². The summed E-state index contributed by atoms with van der Waals surface area (Å²) in [5.41, 5.74) is 1.46. The van der Waals surface area contributed by atoms with E-state index in [2.05, 4.69) is 5.10 Å². The number of hydrogen-bond donors (Lipinski definition) is 1. The largest absolute Gasteiger partial charge is 0.481 e. The molecule has 1 atom stereocenters. The van der Waals surface area contributed by atoms with Gasteiger partial charge >= 0.3 is 5.97 Å². The lowest BCUT2D eigenvalue weighted by Gasteiger charge is -2.30. The van der Waals surface area contributed by atoms with Crippen LogP contribution in [-0.2, 0) is 17.8 Å². The molecule has 0 unspecified atom stereocenters. The van der Waals surface area contributed by atoms with E-state index in [-0.39, 0.29) is 5.91 Å². The van der Waals surface area contributed by atoms with Gasteiger partial charge < -0.3 is 10.0 Å². The predicted octanol–water partition coefficient (Wildman–Crippen LogP) is 1.40. The highest BCUT2D eigenvalue weighted by molar-refractivity contribution is 5.93. The number of aliphatic carboxylic acids is 1. The number of carbonyl (C=O) groups excluding carboxylic acids is 1. The van der Waals surface area contributed by atoms with E-state index < -0.39 is 11.9 Å². The van der Waals surface area contributed by atoms with Crippen LogP contribution in [0.4, 0.5) is 0 Å². The fraction of sp³-hybridized carbons (Fsp3) is 0.643. The van der Waals surface area contributed by atoms with Gasteiger partial charge in [-0.05, 0) is 32.3 Å². The molecular weight excluding hydrogens is 258 g/mol. The van der Waals surface area contributed by atoms with Crippen LogP contribution in [0.25, 0.3) is 0 Å². The molecular formula is C14H21N3O3. The zero-order valence-electron chi connectivity index (χ0n) is 12.0. The molecule has 1 saturated heterocycles. The Kier molecular flexibility index (Phi) is 4.42. The van der Waals surface area contributed by atoms with Crippen molar-refractivity contribution in [3.8, 4) is 0 Å². The van der Waals surface area contributed by atoms with E-state index in [9.17, 15) is 9.59 Å². The van der Waals surface area contributed by atoms with Gasteiger partial charge in [0.05, 0.1) is 11.6 Å². The van der Waals surface area contributed by atoms with Crippen molar-refractivity contribution in [3.63, 3.8) is 0 Å². The van der Waals surface area contributed by atoms with Gasteiger partial charge in [0.1, 0.15) is 5.69 Å². The van der Waals surface area contributed by atoms with E-state index in [0.29, 0.717) is 31.7 Å². The first kappa shape index (κ1) is 14.6. The van der Waals surface area contributed by atoms with Crippen LogP contribution in [0.2, 0.25) is 0 Å². The van der Waals surface area contributed by atoms with Crippen LogP contribution in [-0.4, -0.2) is 44.8 Å². The molecule has 0 bridgehead atoms. The molecule has 20 heavy (non-hydrogen) atoms. The first-order valence-electron chi connectivity index (χ1n) is 7.15. The molecule has 1 aliphatic rings. The lowest BCUT2D eigenvalue weighted by Crippen LogP contribution is -2.43. The molecule has 1 aromatic rings. The third-order valence-electron chi connectivity index (χ3n) is 3.77. The third-order valence-corrected chi connectivity index (χ3v) is 3.77. The number of likely N-dealkylation sites (tertiary alicyclic amines) is 1.